The summed E-state index contributed by atoms with van der Waals surface area (Å²) in [6, 6.07) is 4.53. The van der Waals surface area contributed by atoms with Crippen LogP contribution in [0.1, 0.15) is 27.0 Å². The summed E-state index contributed by atoms with van der Waals surface area (Å²) in [5.41, 5.74) is -3.49. The van der Waals surface area contributed by atoms with E-state index in [1.807, 2.05) is 0 Å². The first kappa shape index (κ1) is 18.8. The number of halogens is 7. The molecule has 0 bridgehead atoms. The van der Waals surface area contributed by atoms with Gasteiger partial charge in [-0.2, -0.15) is 26.3 Å². The number of alkyl halides is 6. The maximum absolute atomic E-state index is 13.2. The number of hydrogen-bond donors (Lipinski definition) is 1. The Bertz CT molecular complexity index is 809. The van der Waals surface area contributed by atoms with Gasteiger partial charge in [0.25, 0.3) is 5.91 Å². The maximum atomic E-state index is 13.2. The highest BCUT2D eigenvalue weighted by Gasteiger charge is 2.35. The van der Waals surface area contributed by atoms with Crippen LogP contribution in [-0.2, 0) is 12.4 Å². The summed E-state index contributed by atoms with van der Waals surface area (Å²) in [5, 5.41) is 2.07. The maximum Gasteiger partial charge on any atom is 0.419 e. The second kappa shape index (κ2) is 6.38. The van der Waals surface area contributed by atoms with Crippen LogP contribution in [0.2, 0.25) is 0 Å². The number of amides is 1. The lowest BCUT2D eigenvalue weighted by Crippen LogP contribution is -2.16. The van der Waals surface area contributed by atoms with Gasteiger partial charge < -0.3 is 5.32 Å². The van der Waals surface area contributed by atoms with Crippen molar-refractivity contribution in [1.29, 1.82) is 0 Å². The average molecular weight is 365 g/mol. The van der Waals surface area contributed by atoms with Crippen molar-refractivity contribution in [3.05, 3.63) is 64.5 Å². The normalized spacial score (nSPS) is 12.2. The summed E-state index contributed by atoms with van der Waals surface area (Å²) in [5.74, 6) is -2.65. The molecule has 0 atom stereocenters. The van der Waals surface area contributed by atoms with E-state index >= 15 is 0 Å². The average Bonchev–Trinajstić information content (AvgIpc) is 2.47. The molecule has 25 heavy (non-hydrogen) atoms. The van der Waals surface area contributed by atoms with Crippen LogP contribution in [0.15, 0.2) is 36.4 Å². The van der Waals surface area contributed by atoms with Crippen molar-refractivity contribution in [2.75, 3.05) is 5.32 Å². The van der Waals surface area contributed by atoms with Crippen LogP contribution in [0, 0.1) is 12.7 Å². The molecule has 0 aromatic heterocycles. The third-order valence-electron chi connectivity index (χ3n) is 3.33. The van der Waals surface area contributed by atoms with Crippen LogP contribution in [0.3, 0.4) is 0 Å². The number of rotatable bonds is 2. The van der Waals surface area contributed by atoms with Gasteiger partial charge in [0.15, 0.2) is 0 Å². The van der Waals surface area contributed by atoms with E-state index in [1.165, 1.54) is 13.0 Å². The molecular weight excluding hydrogens is 355 g/mol. The van der Waals surface area contributed by atoms with Crippen molar-refractivity contribution in [1.82, 2.24) is 0 Å². The number of carbonyl (C=O) groups excluding carboxylic acids is 1. The summed E-state index contributed by atoms with van der Waals surface area (Å²) in [7, 11) is 0. The van der Waals surface area contributed by atoms with Crippen LogP contribution in [-0.4, -0.2) is 5.91 Å². The smallest absolute Gasteiger partial charge is 0.322 e. The van der Waals surface area contributed by atoms with E-state index in [0.29, 0.717) is 18.2 Å². The Labute approximate surface area is 137 Å². The third kappa shape index (κ3) is 4.28. The molecule has 0 heterocycles. The number of nitrogens with one attached hydrogen (secondary N) is 1. The molecule has 1 amide bonds. The van der Waals surface area contributed by atoms with E-state index in [-0.39, 0.29) is 11.3 Å². The van der Waals surface area contributed by atoms with Crippen molar-refractivity contribution in [2.45, 2.75) is 19.3 Å². The minimum atomic E-state index is -5.01. The predicted molar refractivity (Wildman–Crippen MR) is 75.5 cm³/mol. The molecule has 2 aromatic rings. The fourth-order valence-electron chi connectivity index (χ4n) is 2.09. The Morgan fingerprint density at radius 2 is 1.48 bits per heavy atom. The van der Waals surface area contributed by atoms with Crippen molar-refractivity contribution < 1.29 is 35.5 Å². The minimum Gasteiger partial charge on any atom is -0.322 e. The van der Waals surface area contributed by atoms with Crippen LogP contribution in [0.25, 0.3) is 0 Å². The first-order valence-electron chi connectivity index (χ1n) is 6.75. The van der Waals surface area contributed by atoms with E-state index in [2.05, 4.69) is 5.32 Å². The molecule has 0 aliphatic carbocycles. The Morgan fingerprint density at radius 1 is 0.880 bits per heavy atom. The molecule has 2 rings (SSSR count). The van der Waals surface area contributed by atoms with Gasteiger partial charge >= 0.3 is 12.4 Å². The first-order chi connectivity index (χ1) is 11.4. The predicted octanol–water partition coefficient (Wildman–Crippen LogP) is 5.42. The highest BCUT2D eigenvalue weighted by Crippen LogP contribution is 2.34. The molecule has 134 valence electrons. The van der Waals surface area contributed by atoms with E-state index < -0.39 is 40.8 Å². The lowest BCUT2D eigenvalue weighted by atomic mass is 10.1. The van der Waals surface area contributed by atoms with Gasteiger partial charge in [0.2, 0.25) is 0 Å². The number of aryl methyl sites for hydroxylation is 1. The van der Waals surface area contributed by atoms with Crippen LogP contribution in [0.4, 0.5) is 36.4 Å². The second-order valence-electron chi connectivity index (χ2n) is 5.17. The molecule has 0 radical (unpaired) electrons. The second-order valence-corrected chi connectivity index (χ2v) is 5.17. The largest absolute Gasteiger partial charge is 0.419 e. The molecule has 0 fully saturated rings. The van der Waals surface area contributed by atoms with E-state index in [9.17, 15) is 35.5 Å². The molecule has 2 aromatic carbocycles. The molecule has 1 N–H and O–H groups in total. The van der Waals surface area contributed by atoms with Crippen molar-refractivity contribution in [3.63, 3.8) is 0 Å². The van der Waals surface area contributed by atoms with Gasteiger partial charge in [-0.3, -0.25) is 4.79 Å². The van der Waals surface area contributed by atoms with Gasteiger partial charge in [-0.05, 0) is 42.8 Å². The van der Waals surface area contributed by atoms with Crippen molar-refractivity contribution in [3.8, 4) is 0 Å². The molecule has 0 spiro atoms. The van der Waals surface area contributed by atoms with E-state index in [0.717, 1.165) is 12.1 Å². The van der Waals surface area contributed by atoms with Gasteiger partial charge in [-0.1, -0.05) is 6.07 Å². The quantitative estimate of drug-likeness (QED) is 0.707. The lowest BCUT2D eigenvalue weighted by Gasteiger charge is -2.13. The van der Waals surface area contributed by atoms with Gasteiger partial charge in [-0.15, -0.1) is 0 Å². The summed E-state index contributed by atoms with van der Waals surface area (Å²) in [4.78, 5) is 12.0. The number of carbonyl (C=O) groups is 1. The lowest BCUT2D eigenvalue weighted by molar-refractivity contribution is -0.140. The molecule has 9 heteroatoms. The Kier molecular flexibility index (Phi) is 4.79. The fourth-order valence-corrected chi connectivity index (χ4v) is 2.09. The zero-order valence-corrected chi connectivity index (χ0v) is 12.5. The first-order valence-corrected chi connectivity index (χ1v) is 6.75. The van der Waals surface area contributed by atoms with E-state index in [4.69, 9.17) is 0 Å². The van der Waals surface area contributed by atoms with Gasteiger partial charge in [0, 0.05) is 11.3 Å². The molecule has 0 unspecified atom stereocenters. The Morgan fingerprint density at radius 3 is 2.04 bits per heavy atom. The molecule has 0 aliphatic heterocycles. The number of benzene rings is 2. The van der Waals surface area contributed by atoms with Gasteiger partial charge in [0.05, 0.1) is 11.1 Å². The van der Waals surface area contributed by atoms with Gasteiger partial charge in [-0.25, -0.2) is 4.39 Å². The highest BCUT2D eigenvalue weighted by atomic mass is 19.4. The van der Waals surface area contributed by atoms with Crippen LogP contribution < -0.4 is 5.32 Å². The van der Waals surface area contributed by atoms with Crippen molar-refractivity contribution in [2.24, 2.45) is 0 Å². The van der Waals surface area contributed by atoms with Gasteiger partial charge in [0.1, 0.15) is 5.82 Å². The molecule has 0 saturated heterocycles. The van der Waals surface area contributed by atoms with Crippen LogP contribution in [0.5, 0.6) is 0 Å². The summed E-state index contributed by atoms with van der Waals surface area (Å²) in [6.45, 7) is 1.23. The SMILES string of the molecule is Cc1ccc(NC(=O)c2ccc(F)c(C(F)(F)F)c2)cc1C(F)(F)F. The molecular formula is C16H10F7NO. The Hall–Kier alpha value is -2.58. The minimum absolute atomic E-state index is 0.0772. The standard InChI is InChI=1S/C16H10F7NO/c1-8-2-4-10(7-11(8)15(18,19)20)24-14(25)9-3-5-13(17)12(6-9)16(21,22)23/h2-7H,1H3,(H,24,25). The van der Waals surface area contributed by atoms with E-state index in [1.54, 1.807) is 0 Å². The fraction of sp³-hybridized carbons (Fsp3) is 0.188. The zero-order chi connectivity index (χ0) is 19.0. The third-order valence-corrected chi connectivity index (χ3v) is 3.33. The summed E-state index contributed by atoms with van der Waals surface area (Å²) in [6.07, 6.45) is -9.65. The topological polar surface area (TPSA) is 29.1 Å². The molecule has 0 saturated carbocycles. The number of hydrogen-bond acceptors (Lipinski definition) is 1. The monoisotopic (exact) mass is 365 g/mol. The summed E-state index contributed by atoms with van der Waals surface area (Å²) >= 11 is 0. The molecule has 2 nitrogen and oxygen atoms in total. The highest BCUT2D eigenvalue weighted by molar-refractivity contribution is 6.04. The zero-order valence-electron chi connectivity index (χ0n) is 12.5. The Balaban J connectivity index is 2.32. The van der Waals surface area contributed by atoms with Crippen molar-refractivity contribution >= 4 is 11.6 Å². The molecule has 0 aliphatic rings. The number of anilines is 1. The van der Waals surface area contributed by atoms with Crippen LogP contribution >= 0.6 is 0 Å². The summed E-state index contributed by atoms with van der Waals surface area (Å²) < 4.78 is 89.7.